The zero-order valence-corrected chi connectivity index (χ0v) is 19.8. The molecule has 33 heavy (non-hydrogen) atoms. The van der Waals surface area contributed by atoms with Gasteiger partial charge in [0.2, 0.25) is 5.91 Å². The highest BCUT2D eigenvalue weighted by Crippen LogP contribution is 2.30. The van der Waals surface area contributed by atoms with Gasteiger partial charge in [0.25, 0.3) is 0 Å². The number of thioether (sulfide) groups is 1. The molecule has 3 aromatic carbocycles. The summed E-state index contributed by atoms with van der Waals surface area (Å²) in [7, 11) is 0. The highest BCUT2D eigenvalue weighted by Gasteiger charge is 2.15. The Morgan fingerprint density at radius 3 is 2.27 bits per heavy atom. The van der Waals surface area contributed by atoms with Crippen LogP contribution < -0.4 is 5.32 Å². The summed E-state index contributed by atoms with van der Waals surface area (Å²) >= 11 is 1.39. The van der Waals surface area contributed by atoms with Crippen molar-refractivity contribution in [2.45, 2.75) is 38.6 Å². The summed E-state index contributed by atoms with van der Waals surface area (Å²) in [5.41, 5.74) is 5.78. The SMILES string of the molecule is CCc1cccc(CC)c1NC(=O)CSc1nc(-c2ccc(F)cc2)nc2c(C)cccc12. The number of hydrogen-bond donors (Lipinski definition) is 1. The van der Waals surface area contributed by atoms with Gasteiger partial charge in [-0.2, -0.15) is 0 Å². The molecule has 0 aliphatic carbocycles. The van der Waals surface area contributed by atoms with Gasteiger partial charge in [0.1, 0.15) is 10.8 Å². The number of amides is 1. The standard InChI is InChI=1S/C27H26FN3OS/c1-4-18-9-7-10-19(5-2)25(18)29-23(32)16-33-27-22-11-6-8-17(3)24(22)30-26(31-27)20-12-14-21(28)15-13-20/h6-15H,4-5,16H2,1-3H3,(H,29,32). The normalized spacial score (nSPS) is 11.0. The molecule has 6 heteroatoms. The number of aryl methyl sites for hydroxylation is 3. The molecule has 1 amide bonds. The molecule has 0 saturated carbocycles. The van der Waals surface area contributed by atoms with Crippen LogP contribution in [0.3, 0.4) is 0 Å². The van der Waals surface area contributed by atoms with E-state index < -0.39 is 0 Å². The predicted octanol–water partition coefficient (Wildman–Crippen LogP) is 6.60. The molecule has 0 fully saturated rings. The van der Waals surface area contributed by atoms with Crippen LogP contribution in [0.2, 0.25) is 0 Å². The fourth-order valence-electron chi connectivity index (χ4n) is 3.82. The van der Waals surface area contributed by atoms with Gasteiger partial charge >= 0.3 is 0 Å². The zero-order valence-electron chi connectivity index (χ0n) is 19.0. The molecule has 168 valence electrons. The maximum Gasteiger partial charge on any atom is 0.234 e. The van der Waals surface area contributed by atoms with Crippen LogP contribution >= 0.6 is 11.8 Å². The third-order valence-corrected chi connectivity index (χ3v) is 6.59. The topological polar surface area (TPSA) is 54.9 Å². The number of carbonyl (C=O) groups excluding carboxylic acids is 1. The Labute approximate surface area is 197 Å². The van der Waals surface area contributed by atoms with Gasteiger partial charge in [0.05, 0.1) is 11.3 Å². The van der Waals surface area contributed by atoms with Gasteiger partial charge < -0.3 is 5.32 Å². The first-order valence-electron chi connectivity index (χ1n) is 11.1. The maximum absolute atomic E-state index is 13.4. The van der Waals surface area contributed by atoms with Crippen LogP contribution in [0.1, 0.15) is 30.5 Å². The van der Waals surface area contributed by atoms with E-state index in [4.69, 9.17) is 9.97 Å². The van der Waals surface area contributed by atoms with Crippen molar-refractivity contribution >= 4 is 34.3 Å². The summed E-state index contributed by atoms with van der Waals surface area (Å²) in [4.78, 5) is 22.4. The van der Waals surface area contributed by atoms with E-state index >= 15 is 0 Å². The number of para-hydroxylation sites is 2. The van der Waals surface area contributed by atoms with Gasteiger partial charge in [-0.05, 0) is 60.7 Å². The van der Waals surface area contributed by atoms with Crippen molar-refractivity contribution in [3.63, 3.8) is 0 Å². The van der Waals surface area contributed by atoms with Crippen LogP contribution in [-0.2, 0) is 17.6 Å². The lowest BCUT2D eigenvalue weighted by Gasteiger charge is -2.15. The van der Waals surface area contributed by atoms with Crippen LogP contribution in [0.15, 0.2) is 65.7 Å². The molecule has 0 unspecified atom stereocenters. The summed E-state index contributed by atoms with van der Waals surface area (Å²) in [6.45, 7) is 6.18. The molecule has 0 spiro atoms. The number of carbonyl (C=O) groups is 1. The smallest absolute Gasteiger partial charge is 0.234 e. The number of nitrogens with one attached hydrogen (secondary N) is 1. The molecule has 1 heterocycles. The monoisotopic (exact) mass is 459 g/mol. The second kappa shape index (κ2) is 10.1. The quantitative estimate of drug-likeness (QED) is 0.250. The lowest BCUT2D eigenvalue weighted by molar-refractivity contribution is -0.113. The summed E-state index contributed by atoms with van der Waals surface area (Å²) in [5, 5.41) is 4.76. The Kier molecular flexibility index (Phi) is 7.04. The fourth-order valence-corrected chi connectivity index (χ4v) is 4.63. The predicted molar refractivity (Wildman–Crippen MR) is 134 cm³/mol. The Bertz CT molecular complexity index is 1280. The van der Waals surface area contributed by atoms with Crippen molar-refractivity contribution in [1.29, 1.82) is 0 Å². The van der Waals surface area contributed by atoms with E-state index in [1.54, 1.807) is 12.1 Å². The highest BCUT2D eigenvalue weighted by molar-refractivity contribution is 8.00. The van der Waals surface area contributed by atoms with E-state index in [1.807, 2.05) is 31.2 Å². The molecule has 0 bridgehead atoms. The Balaban J connectivity index is 1.63. The summed E-state index contributed by atoms with van der Waals surface area (Å²) in [5.74, 6) is 0.368. The van der Waals surface area contributed by atoms with Gasteiger partial charge in [-0.1, -0.05) is 62.0 Å². The van der Waals surface area contributed by atoms with Gasteiger partial charge in [-0.15, -0.1) is 0 Å². The van der Waals surface area contributed by atoms with Crippen molar-refractivity contribution in [1.82, 2.24) is 9.97 Å². The number of nitrogens with zero attached hydrogens (tertiary/aromatic N) is 2. The second-order valence-electron chi connectivity index (χ2n) is 7.83. The number of anilines is 1. The van der Waals surface area contributed by atoms with Crippen LogP contribution in [0, 0.1) is 12.7 Å². The number of fused-ring (bicyclic) bond motifs is 1. The van der Waals surface area contributed by atoms with E-state index in [-0.39, 0.29) is 17.5 Å². The number of aromatic nitrogens is 2. The molecule has 4 aromatic rings. The maximum atomic E-state index is 13.4. The first-order valence-corrected chi connectivity index (χ1v) is 12.1. The van der Waals surface area contributed by atoms with Gasteiger partial charge in [-0.3, -0.25) is 4.79 Å². The Morgan fingerprint density at radius 1 is 0.939 bits per heavy atom. The van der Waals surface area contributed by atoms with Crippen molar-refractivity contribution in [2.75, 3.05) is 11.1 Å². The first kappa shape index (κ1) is 22.9. The van der Waals surface area contributed by atoms with E-state index in [0.717, 1.165) is 56.7 Å². The zero-order chi connectivity index (χ0) is 23.4. The van der Waals surface area contributed by atoms with Crippen LogP contribution in [0.5, 0.6) is 0 Å². The average molecular weight is 460 g/mol. The minimum Gasteiger partial charge on any atom is -0.325 e. The fraction of sp³-hybridized carbons (Fsp3) is 0.222. The molecule has 0 saturated heterocycles. The van der Waals surface area contributed by atoms with E-state index in [0.29, 0.717) is 5.82 Å². The molecule has 0 aliphatic heterocycles. The summed E-state index contributed by atoms with van der Waals surface area (Å²) in [6.07, 6.45) is 1.71. The molecule has 0 aliphatic rings. The number of hydrogen-bond acceptors (Lipinski definition) is 4. The minimum absolute atomic E-state index is 0.0710. The molecule has 0 atom stereocenters. The number of benzene rings is 3. The third kappa shape index (κ3) is 5.06. The van der Waals surface area contributed by atoms with Crippen molar-refractivity contribution in [3.05, 3.63) is 83.2 Å². The van der Waals surface area contributed by atoms with E-state index in [1.165, 1.54) is 23.9 Å². The molecule has 4 nitrogen and oxygen atoms in total. The first-order chi connectivity index (χ1) is 16.0. The second-order valence-corrected chi connectivity index (χ2v) is 8.79. The van der Waals surface area contributed by atoms with Crippen molar-refractivity contribution < 1.29 is 9.18 Å². The number of halogens is 1. The summed E-state index contributed by atoms with van der Waals surface area (Å²) in [6, 6.07) is 18.2. The molecular weight excluding hydrogens is 433 g/mol. The molecular formula is C27H26FN3OS. The lowest BCUT2D eigenvalue weighted by atomic mass is 10.0. The Hall–Kier alpha value is -3.25. The van der Waals surface area contributed by atoms with Gasteiger partial charge in [-0.25, -0.2) is 14.4 Å². The number of rotatable bonds is 7. The molecule has 1 N–H and O–H groups in total. The third-order valence-electron chi connectivity index (χ3n) is 5.60. The van der Waals surface area contributed by atoms with E-state index in [9.17, 15) is 9.18 Å². The molecule has 1 aromatic heterocycles. The summed E-state index contributed by atoms with van der Waals surface area (Å²) < 4.78 is 13.4. The van der Waals surface area contributed by atoms with E-state index in [2.05, 4.69) is 31.3 Å². The highest BCUT2D eigenvalue weighted by atomic mass is 32.2. The lowest BCUT2D eigenvalue weighted by Crippen LogP contribution is -2.17. The Morgan fingerprint density at radius 2 is 1.61 bits per heavy atom. The minimum atomic E-state index is -0.305. The van der Waals surface area contributed by atoms with Gasteiger partial charge in [0.15, 0.2) is 5.82 Å². The van der Waals surface area contributed by atoms with Gasteiger partial charge in [0, 0.05) is 16.6 Å². The molecule has 4 rings (SSSR count). The largest absolute Gasteiger partial charge is 0.325 e. The molecule has 0 radical (unpaired) electrons. The van der Waals surface area contributed by atoms with Crippen LogP contribution in [0.4, 0.5) is 10.1 Å². The van der Waals surface area contributed by atoms with Crippen LogP contribution in [-0.4, -0.2) is 21.6 Å². The van der Waals surface area contributed by atoms with Crippen molar-refractivity contribution in [3.8, 4) is 11.4 Å². The van der Waals surface area contributed by atoms with Crippen molar-refractivity contribution in [2.24, 2.45) is 0 Å². The average Bonchev–Trinajstić information content (AvgIpc) is 2.83. The van der Waals surface area contributed by atoms with Crippen LogP contribution in [0.25, 0.3) is 22.3 Å².